The van der Waals surface area contributed by atoms with Crippen molar-refractivity contribution in [3.05, 3.63) is 0 Å². The van der Waals surface area contributed by atoms with Crippen LogP contribution in [0.25, 0.3) is 0 Å². The van der Waals surface area contributed by atoms with Crippen LogP contribution in [0.2, 0.25) is 0 Å². The topological polar surface area (TPSA) is 70.6 Å². The second-order valence-electron chi connectivity index (χ2n) is 4.78. The van der Waals surface area contributed by atoms with E-state index < -0.39 is 0 Å². The third kappa shape index (κ3) is 5.02. The summed E-state index contributed by atoms with van der Waals surface area (Å²) in [7, 11) is 1.67. The Hall–Kier alpha value is -0.650. The van der Waals surface area contributed by atoms with Crippen LogP contribution in [0.15, 0.2) is 0 Å². The molecule has 1 heterocycles. The lowest BCUT2D eigenvalue weighted by atomic mass is 10.1. The predicted octanol–water partition coefficient (Wildman–Crippen LogP) is -0.112. The molecule has 1 amide bonds. The molecule has 0 spiro atoms. The summed E-state index contributed by atoms with van der Waals surface area (Å²) < 4.78 is 5.19. The molecule has 1 fully saturated rings. The molecule has 1 aliphatic rings. The first-order valence-corrected chi connectivity index (χ1v) is 6.32. The number of hydrogen-bond donors (Lipinski definition) is 3. The van der Waals surface area contributed by atoms with E-state index in [9.17, 15) is 4.79 Å². The summed E-state index contributed by atoms with van der Waals surface area (Å²) in [6.07, 6.45) is 2.75. The zero-order valence-corrected chi connectivity index (χ0v) is 10.7. The van der Waals surface area contributed by atoms with E-state index >= 15 is 0 Å². The Labute approximate surface area is 103 Å². The lowest BCUT2D eigenvalue weighted by molar-refractivity contribution is -0.122. The lowest BCUT2D eigenvalue weighted by Crippen LogP contribution is -2.40. The minimum atomic E-state index is -0.116. The molecule has 3 atom stereocenters. The van der Waals surface area contributed by atoms with Crippen LogP contribution >= 0.6 is 0 Å². The smallest absolute Gasteiger partial charge is 0.237 e. The van der Waals surface area contributed by atoms with Gasteiger partial charge in [0.25, 0.3) is 0 Å². The molecule has 17 heavy (non-hydrogen) atoms. The fourth-order valence-electron chi connectivity index (χ4n) is 1.96. The molecule has 0 aromatic rings. The average molecular weight is 244 g/mol. The number of hydrogen-bond acceptors (Lipinski definition) is 4. The van der Waals surface area contributed by atoms with Gasteiger partial charge >= 0.3 is 0 Å². The van der Waals surface area contributed by atoms with Gasteiger partial charge < -0.3 is 20.5 Å². The lowest BCUT2D eigenvalue weighted by Gasteiger charge is -2.12. The van der Waals surface area contributed by atoms with Crippen LogP contribution in [0, 0.1) is 5.92 Å². The van der Waals surface area contributed by atoms with Crippen molar-refractivity contribution in [3.8, 4) is 0 Å². The molecule has 0 bridgehead atoms. The van der Waals surface area contributed by atoms with Crippen molar-refractivity contribution >= 4 is 5.91 Å². The van der Waals surface area contributed by atoms with Gasteiger partial charge in [-0.15, -0.1) is 0 Å². The molecule has 0 aliphatic carbocycles. The van der Waals surface area contributed by atoms with Crippen LogP contribution in [0.5, 0.6) is 0 Å². The molecular formula is C12H24N2O3. The second-order valence-corrected chi connectivity index (χ2v) is 4.78. The highest BCUT2D eigenvalue weighted by atomic mass is 16.5. The van der Waals surface area contributed by atoms with E-state index in [1.807, 2.05) is 6.92 Å². The van der Waals surface area contributed by atoms with Gasteiger partial charge in [0.15, 0.2) is 0 Å². The van der Waals surface area contributed by atoms with Gasteiger partial charge in [-0.3, -0.25) is 4.79 Å². The quantitative estimate of drug-likeness (QED) is 0.546. The molecule has 1 rings (SSSR count). The standard InChI is InChI=1S/C12H24N2O3/c1-9(8-15)4-3-5-13-12(16)11-6-10(17-2)7-14-11/h9-11,14-15H,3-8H2,1-2H3,(H,13,16). The highest BCUT2D eigenvalue weighted by Crippen LogP contribution is 2.09. The maximum Gasteiger partial charge on any atom is 0.237 e. The number of nitrogens with one attached hydrogen (secondary N) is 2. The van der Waals surface area contributed by atoms with Gasteiger partial charge in [0.2, 0.25) is 5.91 Å². The molecule has 3 N–H and O–H groups in total. The number of carbonyl (C=O) groups excluding carboxylic acids is 1. The van der Waals surface area contributed by atoms with Crippen molar-refractivity contribution in [2.45, 2.75) is 38.3 Å². The summed E-state index contributed by atoms with van der Waals surface area (Å²) >= 11 is 0. The summed E-state index contributed by atoms with van der Waals surface area (Å²) in [6, 6.07) is -0.116. The molecule has 3 unspecified atom stereocenters. The molecule has 5 heteroatoms. The number of methoxy groups -OCH3 is 1. The minimum absolute atomic E-state index is 0.0567. The Balaban J connectivity index is 2.09. The highest BCUT2D eigenvalue weighted by molar-refractivity contribution is 5.82. The fraction of sp³-hybridized carbons (Fsp3) is 0.917. The van der Waals surface area contributed by atoms with Gasteiger partial charge in [0.1, 0.15) is 0 Å². The zero-order valence-electron chi connectivity index (χ0n) is 10.7. The number of aliphatic hydroxyl groups excluding tert-OH is 1. The van der Waals surface area contributed by atoms with E-state index in [0.29, 0.717) is 12.5 Å². The minimum Gasteiger partial charge on any atom is -0.396 e. The molecule has 1 aliphatic heterocycles. The maximum atomic E-state index is 11.7. The molecule has 0 radical (unpaired) electrons. The Bertz CT molecular complexity index is 236. The SMILES string of the molecule is COC1CNC(C(=O)NCCCC(C)CO)C1. The first-order valence-electron chi connectivity index (χ1n) is 6.32. The van der Waals surface area contributed by atoms with Crippen LogP contribution < -0.4 is 10.6 Å². The monoisotopic (exact) mass is 244 g/mol. The summed E-state index contributed by atoms with van der Waals surface area (Å²) in [5.41, 5.74) is 0. The summed E-state index contributed by atoms with van der Waals surface area (Å²) in [4.78, 5) is 11.7. The van der Waals surface area contributed by atoms with E-state index in [0.717, 1.165) is 25.8 Å². The third-order valence-corrected chi connectivity index (χ3v) is 3.22. The highest BCUT2D eigenvalue weighted by Gasteiger charge is 2.28. The Morgan fingerprint density at radius 1 is 1.65 bits per heavy atom. The largest absolute Gasteiger partial charge is 0.396 e. The van der Waals surface area contributed by atoms with Crippen LogP contribution in [0.1, 0.15) is 26.2 Å². The maximum absolute atomic E-state index is 11.7. The number of carbonyl (C=O) groups is 1. The van der Waals surface area contributed by atoms with Crippen molar-refractivity contribution in [2.24, 2.45) is 5.92 Å². The number of aliphatic hydroxyl groups is 1. The van der Waals surface area contributed by atoms with Crippen LogP contribution in [0.4, 0.5) is 0 Å². The van der Waals surface area contributed by atoms with E-state index in [1.54, 1.807) is 7.11 Å². The van der Waals surface area contributed by atoms with Gasteiger partial charge in [0, 0.05) is 26.8 Å². The van der Waals surface area contributed by atoms with Gasteiger partial charge in [-0.05, 0) is 25.2 Å². The van der Waals surface area contributed by atoms with E-state index in [-0.39, 0.29) is 24.7 Å². The molecule has 0 aromatic heterocycles. The number of ether oxygens (including phenoxy) is 1. The molecular weight excluding hydrogens is 220 g/mol. The normalized spacial score (nSPS) is 25.8. The zero-order chi connectivity index (χ0) is 12.7. The fourth-order valence-corrected chi connectivity index (χ4v) is 1.96. The van der Waals surface area contributed by atoms with Crippen molar-refractivity contribution < 1.29 is 14.6 Å². The summed E-state index contributed by atoms with van der Waals surface area (Å²) in [5.74, 6) is 0.371. The van der Waals surface area contributed by atoms with Gasteiger partial charge in [-0.1, -0.05) is 6.92 Å². The van der Waals surface area contributed by atoms with Gasteiger partial charge in [-0.2, -0.15) is 0 Å². The van der Waals surface area contributed by atoms with Crippen molar-refractivity contribution in [2.75, 3.05) is 26.8 Å². The Morgan fingerprint density at radius 2 is 2.41 bits per heavy atom. The first-order chi connectivity index (χ1) is 8.17. The van der Waals surface area contributed by atoms with Crippen LogP contribution in [-0.2, 0) is 9.53 Å². The van der Waals surface area contributed by atoms with Crippen LogP contribution in [0.3, 0.4) is 0 Å². The Morgan fingerprint density at radius 3 is 3.00 bits per heavy atom. The molecule has 0 saturated carbocycles. The van der Waals surface area contributed by atoms with Crippen molar-refractivity contribution in [3.63, 3.8) is 0 Å². The number of rotatable bonds is 7. The molecule has 5 nitrogen and oxygen atoms in total. The predicted molar refractivity (Wildman–Crippen MR) is 65.7 cm³/mol. The van der Waals surface area contributed by atoms with E-state index in [4.69, 9.17) is 9.84 Å². The van der Waals surface area contributed by atoms with E-state index in [2.05, 4.69) is 10.6 Å². The van der Waals surface area contributed by atoms with Gasteiger partial charge in [0.05, 0.1) is 12.1 Å². The second kappa shape index (κ2) is 7.63. The summed E-state index contributed by atoms with van der Waals surface area (Å²) in [6.45, 7) is 3.65. The molecule has 100 valence electrons. The first kappa shape index (κ1) is 14.4. The van der Waals surface area contributed by atoms with Crippen molar-refractivity contribution in [1.29, 1.82) is 0 Å². The van der Waals surface area contributed by atoms with Gasteiger partial charge in [-0.25, -0.2) is 0 Å². The Kier molecular flexibility index (Phi) is 6.47. The third-order valence-electron chi connectivity index (χ3n) is 3.22. The summed E-state index contributed by atoms with van der Waals surface area (Å²) in [5, 5.41) is 14.9. The molecule has 1 saturated heterocycles. The average Bonchev–Trinajstić information content (AvgIpc) is 2.82. The molecule has 0 aromatic carbocycles. The van der Waals surface area contributed by atoms with E-state index in [1.165, 1.54) is 0 Å². The van der Waals surface area contributed by atoms with Crippen molar-refractivity contribution in [1.82, 2.24) is 10.6 Å². The number of amides is 1. The van der Waals surface area contributed by atoms with Crippen LogP contribution in [-0.4, -0.2) is 50.0 Å².